The van der Waals surface area contributed by atoms with Gasteiger partial charge in [0, 0.05) is 13.0 Å². The van der Waals surface area contributed by atoms with E-state index in [4.69, 9.17) is 11.5 Å². The molecule has 0 amide bonds. The van der Waals surface area contributed by atoms with Crippen LogP contribution < -0.4 is 17.2 Å². The van der Waals surface area contributed by atoms with Crippen molar-refractivity contribution >= 4 is 11.9 Å². The van der Waals surface area contributed by atoms with Crippen LogP contribution in [0.15, 0.2) is 11.0 Å². The zero-order valence-electron chi connectivity index (χ0n) is 8.79. The summed E-state index contributed by atoms with van der Waals surface area (Å²) in [6.45, 7) is 0.219. The number of hydrogen-bond acceptors (Lipinski definition) is 7. The number of aromatic nitrogens is 5. The van der Waals surface area contributed by atoms with Gasteiger partial charge in [-0.3, -0.25) is 4.57 Å². The highest BCUT2D eigenvalue weighted by molar-refractivity contribution is 5.25. The highest BCUT2D eigenvalue weighted by atomic mass is 16.3. The second-order valence-electron chi connectivity index (χ2n) is 3.32. The highest BCUT2D eigenvalue weighted by Gasteiger charge is 2.07. The predicted octanol–water partition coefficient (Wildman–Crippen LogP) is -1.53. The third-order valence-electron chi connectivity index (χ3n) is 2.12. The van der Waals surface area contributed by atoms with Crippen LogP contribution in [0.3, 0.4) is 0 Å². The number of aromatic amines is 1. The number of nitrogen functional groups attached to an aromatic ring is 2. The zero-order valence-corrected chi connectivity index (χ0v) is 8.79. The van der Waals surface area contributed by atoms with E-state index < -0.39 is 5.69 Å². The number of H-pyrrole nitrogens is 1. The van der Waals surface area contributed by atoms with Crippen molar-refractivity contribution in [3.8, 4) is 5.88 Å². The first-order chi connectivity index (χ1) is 8.06. The van der Waals surface area contributed by atoms with E-state index in [1.807, 2.05) is 0 Å². The van der Waals surface area contributed by atoms with Gasteiger partial charge in [-0.2, -0.15) is 15.0 Å². The van der Waals surface area contributed by atoms with E-state index in [0.717, 1.165) is 4.57 Å². The Morgan fingerprint density at radius 3 is 2.47 bits per heavy atom. The lowest BCUT2D eigenvalue weighted by atomic mass is 10.4. The molecule has 17 heavy (non-hydrogen) atoms. The maximum absolute atomic E-state index is 11.2. The van der Waals surface area contributed by atoms with Gasteiger partial charge in [0.2, 0.25) is 17.8 Å². The van der Waals surface area contributed by atoms with Crippen LogP contribution in [0.1, 0.15) is 5.82 Å². The molecule has 0 saturated carbocycles. The summed E-state index contributed by atoms with van der Waals surface area (Å²) < 4.78 is 1.15. The average molecular weight is 237 g/mol. The number of hydrogen-bond donors (Lipinski definition) is 4. The first-order valence-corrected chi connectivity index (χ1v) is 4.79. The first kappa shape index (κ1) is 10.9. The van der Waals surface area contributed by atoms with Crippen molar-refractivity contribution in [1.82, 2.24) is 24.5 Å². The average Bonchev–Trinajstić information content (AvgIpc) is 2.55. The number of aromatic hydroxyl groups is 1. The Bertz CT molecular complexity index is 568. The Balaban J connectivity index is 2.15. The molecule has 9 heteroatoms. The minimum atomic E-state index is -0.405. The largest absolute Gasteiger partial charge is 0.493 e. The molecular weight excluding hydrogens is 226 g/mol. The molecule has 0 unspecified atom stereocenters. The highest BCUT2D eigenvalue weighted by Crippen LogP contribution is 2.05. The lowest BCUT2D eigenvalue weighted by Gasteiger charge is -2.03. The van der Waals surface area contributed by atoms with Crippen LogP contribution in [0.2, 0.25) is 0 Å². The lowest BCUT2D eigenvalue weighted by molar-refractivity contribution is 0.412. The molecule has 0 radical (unpaired) electrons. The number of anilines is 2. The molecule has 0 aliphatic carbocycles. The summed E-state index contributed by atoms with van der Waals surface area (Å²) in [4.78, 5) is 24.9. The summed E-state index contributed by atoms with van der Waals surface area (Å²) in [5, 5.41) is 9.35. The molecule has 2 aromatic rings. The molecule has 0 aliphatic heterocycles. The van der Waals surface area contributed by atoms with Crippen molar-refractivity contribution in [3.63, 3.8) is 0 Å². The number of nitrogens with one attached hydrogen (secondary N) is 1. The normalized spacial score (nSPS) is 10.6. The molecule has 6 N–H and O–H groups in total. The van der Waals surface area contributed by atoms with E-state index in [1.165, 1.54) is 6.20 Å². The number of nitrogens with two attached hydrogens (primary N) is 2. The molecular formula is C8H11N7O2. The number of imidazole rings is 1. The van der Waals surface area contributed by atoms with Crippen LogP contribution in [0.4, 0.5) is 11.9 Å². The fraction of sp³-hybridized carbons (Fsp3) is 0.250. The third kappa shape index (κ3) is 2.33. The van der Waals surface area contributed by atoms with Crippen LogP contribution in [-0.2, 0) is 13.0 Å². The second kappa shape index (κ2) is 4.12. The van der Waals surface area contributed by atoms with E-state index in [0.29, 0.717) is 12.2 Å². The monoisotopic (exact) mass is 237 g/mol. The molecule has 9 nitrogen and oxygen atoms in total. The Hall–Kier alpha value is -2.58. The van der Waals surface area contributed by atoms with Crippen molar-refractivity contribution in [3.05, 3.63) is 22.5 Å². The topological polar surface area (TPSA) is 149 Å². The van der Waals surface area contributed by atoms with E-state index >= 15 is 0 Å². The van der Waals surface area contributed by atoms with Gasteiger partial charge in [0.25, 0.3) is 0 Å². The van der Waals surface area contributed by atoms with Crippen LogP contribution in [0, 0.1) is 0 Å². The Morgan fingerprint density at radius 2 is 1.94 bits per heavy atom. The van der Waals surface area contributed by atoms with Gasteiger partial charge in [-0.05, 0) is 0 Å². The predicted molar refractivity (Wildman–Crippen MR) is 59.1 cm³/mol. The van der Waals surface area contributed by atoms with Crippen LogP contribution in [0.5, 0.6) is 5.88 Å². The van der Waals surface area contributed by atoms with Crippen molar-refractivity contribution in [2.75, 3.05) is 11.5 Å². The third-order valence-corrected chi connectivity index (χ3v) is 2.12. The van der Waals surface area contributed by atoms with Gasteiger partial charge in [-0.25, -0.2) is 4.79 Å². The standard InChI is InChI=1S/C8H11N7O2/c9-6-12-4(13-7(10)14-6)1-2-15-5(16)3-11-8(15)17/h3,16H,1-2H2,(H,11,17)(H4,9,10,12,13,14). The maximum atomic E-state index is 11.2. The molecule has 0 spiro atoms. The van der Waals surface area contributed by atoms with E-state index in [-0.39, 0.29) is 24.3 Å². The molecule has 2 rings (SSSR count). The smallest absolute Gasteiger partial charge is 0.328 e. The van der Waals surface area contributed by atoms with Crippen LogP contribution >= 0.6 is 0 Å². The molecule has 0 fully saturated rings. The van der Waals surface area contributed by atoms with Crippen molar-refractivity contribution in [1.29, 1.82) is 0 Å². The molecule has 0 saturated heterocycles. The summed E-state index contributed by atoms with van der Waals surface area (Å²) in [6.07, 6.45) is 1.51. The second-order valence-corrected chi connectivity index (χ2v) is 3.32. The first-order valence-electron chi connectivity index (χ1n) is 4.79. The van der Waals surface area contributed by atoms with E-state index in [2.05, 4.69) is 19.9 Å². The zero-order chi connectivity index (χ0) is 12.4. The van der Waals surface area contributed by atoms with Gasteiger partial charge in [-0.1, -0.05) is 0 Å². The molecule has 0 aliphatic rings. The van der Waals surface area contributed by atoms with E-state index in [1.54, 1.807) is 0 Å². The SMILES string of the molecule is Nc1nc(N)nc(CCn2c(O)c[nH]c2=O)n1. The number of rotatable bonds is 3. The fourth-order valence-electron chi connectivity index (χ4n) is 1.38. The van der Waals surface area contributed by atoms with Gasteiger partial charge in [0.05, 0.1) is 6.20 Å². The molecule has 90 valence electrons. The summed E-state index contributed by atoms with van der Waals surface area (Å²) in [5.41, 5.74) is 10.4. The Labute approximate surface area is 95.2 Å². The molecule has 0 bridgehead atoms. The quantitative estimate of drug-likeness (QED) is 0.506. The minimum absolute atomic E-state index is 0.0261. The van der Waals surface area contributed by atoms with Crippen LogP contribution in [0.25, 0.3) is 0 Å². The van der Waals surface area contributed by atoms with Crippen LogP contribution in [-0.4, -0.2) is 29.6 Å². The Kier molecular flexibility index (Phi) is 2.65. The fourth-order valence-corrected chi connectivity index (χ4v) is 1.38. The molecule has 2 aromatic heterocycles. The summed E-state index contributed by atoms with van der Waals surface area (Å²) >= 11 is 0. The molecule has 0 atom stereocenters. The lowest BCUT2D eigenvalue weighted by Crippen LogP contribution is -2.19. The van der Waals surface area contributed by atoms with Crippen molar-refractivity contribution in [2.24, 2.45) is 0 Å². The van der Waals surface area contributed by atoms with Gasteiger partial charge in [0.1, 0.15) is 5.82 Å². The van der Waals surface area contributed by atoms with E-state index in [9.17, 15) is 9.90 Å². The van der Waals surface area contributed by atoms with Gasteiger partial charge < -0.3 is 21.6 Å². The number of nitrogens with zero attached hydrogens (tertiary/aromatic N) is 4. The Morgan fingerprint density at radius 1 is 1.29 bits per heavy atom. The maximum Gasteiger partial charge on any atom is 0.328 e. The minimum Gasteiger partial charge on any atom is -0.493 e. The number of aryl methyl sites for hydroxylation is 1. The molecule has 0 aromatic carbocycles. The van der Waals surface area contributed by atoms with Crippen molar-refractivity contribution < 1.29 is 5.11 Å². The van der Waals surface area contributed by atoms with Gasteiger partial charge in [-0.15, -0.1) is 0 Å². The summed E-state index contributed by atoms with van der Waals surface area (Å²) in [7, 11) is 0. The van der Waals surface area contributed by atoms with Gasteiger partial charge >= 0.3 is 5.69 Å². The molecule has 2 heterocycles. The summed E-state index contributed by atoms with van der Waals surface area (Å²) in [5.74, 6) is 0.267. The van der Waals surface area contributed by atoms with Crippen molar-refractivity contribution in [2.45, 2.75) is 13.0 Å². The van der Waals surface area contributed by atoms with Gasteiger partial charge in [0.15, 0.2) is 0 Å². The summed E-state index contributed by atoms with van der Waals surface area (Å²) in [6, 6.07) is 0.